The molecule has 2 heterocycles. The highest BCUT2D eigenvalue weighted by molar-refractivity contribution is 6.30. The summed E-state index contributed by atoms with van der Waals surface area (Å²) >= 11 is 6.03. The van der Waals surface area contributed by atoms with Gasteiger partial charge in [-0.3, -0.25) is 4.99 Å². The molecule has 0 atom stereocenters. The summed E-state index contributed by atoms with van der Waals surface area (Å²) in [5, 5.41) is 4.23. The van der Waals surface area contributed by atoms with Gasteiger partial charge in [0.2, 0.25) is 0 Å². The summed E-state index contributed by atoms with van der Waals surface area (Å²) in [4.78, 5) is 6.48. The van der Waals surface area contributed by atoms with Gasteiger partial charge < -0.3 is 19.5 Å². The standard InChI is InChI=1S/C15H25ClN4O/c1-17-15(18-9-12-4-6-21-7-5-12)20(3)11-14-8-13(16)10-19(14)2/h8,10,12H,4-7,9,11H2,1-3H3,(H,17,18). The number of aryl methyl sites for hydroxylation is 1. The van der Waals surface area contributed by atoms with Gasteiger partial charge in [0.1, 0.15) is 0 Å². The third-order valence-corrected chi connectivity index (χ3v) is 4.14. The van der Waals surface area contributed by atoms with Crippen molar-refractivity contribution in [2.24, 2.45) is 18.0 Å². The zero-order valence-corrected chi connectivity index (χ0v) is 13.9. The molecule has 0 unspecified atom stereocenters. The fourth-order valence-corrected chi connectivity index (χ4v) is 2.88. The van der Waals surface area contributed by atoms with Gasteiger partial charge in [-0.25, -0.2) is 0 Å². The summed E-state index contributed by atoms with van der Waals surface area (Å²) in [6, 6.07) is 1.99. The van der Waals surface area contributed by atoms with Crippen molar-refractivity contribution in [3.8, 4) is 0 Å². The van der Waals surface area contributed by atoms with Crippen LogP contribution in [0.3, 0.4) is 0 Å². The SMILES string of the molecule is CN=C(NCC1CCOCC1)N(C)Cc1cc(Cl)cn1C. The van der Waals surface area contributed by atoms with E-state index in [1.807, 2.05) is 38.0 Å². The molecule has 2 rings (SSSR count). The van der Waals surface area contributed by atoms with Crippen LogP contribution >= 0.6 is 11.6 Å². The van der Waals surface area contributed by atoms with Gasteiger partial charge in [-0.15, -0.1) is 0 Å². The van der Waals surface area contributed by atoms with E-state index in [-0.39, 0.29) is 0 Å². The van der Waals surface area contributed by atoms with E-state index >= 15 is 0 Å². The fourth-order valence-electron chi connectivity index (χ4n) is 2.61. The molecule has 6 heteroatoms. The minimum atomic E-state index is 0.674. The quantitative estimate of drug-likeness (QED) is 0.684. The summed E-state index contributed by atoms with van der Waals surface area (Å²) in [5.74, 6) is 1.59. The molecule has 1 aliphatic rings. The van der Waals surface area contributed by atoms with Gasteiger partial charge in [0.25, 0.3) is 0 Å². The van der Waals surface area contributed by atoms with Crippen LogP contribution in [0.15, 0.2) is 17.3 Å². The van der Waals surface area contributed by atoms with Crippen molar-refractivity contribution in [2.75, 3.05) is 33.9 Å². The third-order valence-electron chi connectivity index (χ3n) is 3.94. The Hall–Kier alpha value is -1.20. The van der Waals surface area contributed by atoms with Crippen molar-refractivity contribution in [3.63, 3.8) is 0 Å². The van der Waals surface area contributed by atoms with Crippen molar-refractivity contribution in [1.29, 1.82) is 0 Å². The second kappa shape index (κ2) is 7.71. The van der Waals surface area contributed by atoms with E-state index in [2.05, 4.69) is 15.2 Å². The van der Waals surface area contributed by atoms with E-state index in [1.54, 1.807) is 0 Å². The average molecular weight is 313 g/mol. The third kappa shape index (κ3) is 4.64. The molecule has 118 valence electrons. The largest absolute Gasteiger partial charge is 0.381 e. The molecule has 0 spiro atoms. The number of hydrogen-bond donors (Lipinski definition) is 1. The number of nitrogens with one attached hydrogen (secondary N) is 1. The first-order valence-electron chi connectivity index (χ1n) is 7.40. The van der Waals surface area contributed by atoms with E-state index in [9.17, 15) is 0 Å². The van der Waals surface area contributed by atoms with E-state index in [4.69, 9.17) is 16.3 Å². The number of halogens is 1. The molecule has 0 aliphatic carbocycles. The van der Waals surface area contributed by atoms with Crippen molar-refractivity contribution in [3.05, 3.63) is 23.0 Å². The highest BCUT2D eigenvalue weighted by atomic mass is 35.5. The molecule has 0 saturated carbocycles. The maximum absolute atomic E-state index is 6.03. The smallest absolute Gasteiger partial charge is 0.193 e. The maximum Gasteiger partial charge on any atom is 0.193 e. The fraction of sp³-hybridized carbons (Fsp3) is 0.667. The van der Waals surface area contributed by atoms with Crippen LogP contribution in [0.4, 0.5) is 0 Å². The van der Waals surface area contributed by atoms with E-state index in [1.165, 1.54) is 0 Å². The molecule has 0 aromatic carbocycles. The van der Waals surface area contributed by atoms with Crippen molar-refractivity contribution in [2.45, 2.75) is 19.4 Å². The van der Waals surface area contributed by atoms with E-state index < -0.39 is 0 Å². The van der Waals surface area contributed by atoms with Crippen molar-refractivity contribution < 1.29 is 4.74 Å². The van der Waals surface area contributed by atoms with Crippen molar-refractivity contribution in [1.82, 2.24) is 14.8 Å². The molecule has 1 aromatic heterocycles. The minimum absolute atomic E-state index is 0.674. The number of hydrogen-bond acceptors (Lipinski definition) is 2. The Balaban J connectivity index is 1.86. The number of aromatic nitrogens is 1. The predicted molar refractivity (Wildman–Crippen MR) is 86.8 cm³/mol. The highest BCUT2D eigenvalue weighted by Gasteiger charge is 2.15. The Morgan fingerprint density at radius 2 is 2.24 bits per heavy atom. The zero-order valence-electron chi connectivity index (χ0n) is 13.1. The monoisotopic (exact) mass is 312 g/mol. The molecule has 1 N–H and O–H groups in total. The van der Waals surface area contributed by atoms with Crippen LogP contribution in [0, 0.1) is 5.92 Å². The number of nitrogens with zero attached hydrogens (tertiary/aromatic N) is 3. The Bertz CT molecular complexity index is 480. The molecule has 1 saturated heterocycles. The zero-order chi connectivity index (χ0) is 15.2. The van der Waals surface area contributed by atoms with Crippen LogP contribution in [-0.2, 0) is 18.3 Å². The van der Waals surface area contributed by atoms with Gasteiger partial charge in [0.15, 0.2) is 5.96 Å². The molecule has 1 aromatic rings. The molecule has 0 bridgehead atoms. The maximum atomic E-state index is 6.03. The lowest BCUT2D eigenvalue weighted by atomic mass is 10.0. The topological polar surface area (TPSA) is 41.8 Å². The van der Waals surface area contributed by atoms with Gasteiger partial charge in [0, 0.05) is 52.8 Å². The molecule has 21 heavy (non-hydrogen) atoms. The molecular weight excluding hydrogens is 288 g/mol. The molecule has 5 nitrogen and oxygen atoms in total. The van der Waals surface area contributed by atoms with Gasteiger partial charge in [-0.1, -0.05) is 11.6 Å². The van der Waals surface area contributed by atoms with Crippen LogP contribution in [0.1, 0.15) is 18.5 Å². The molecule has 1 aliphatic heterocycles. The summed E-state index contributed by atoms with van der Waals surface area (Å²) < 4.78 is 7.44. The molecule has 0 radical (unpaired) electrons. The predicted octanol–water partition coefficient (Wildman–Crippen LogP) is 2.11. The first-order valence-corrected chi connectivity index (χ1v) is 7.78. The molecular formula is C15H25ClN4O. The first kappa shape index (κ1) is 16.2. The van der Waals surface area contributed by atoms with Crippen LogP contribution < -0.4 is 5.32 Å². The van der Waals surface area contributed by atoms with Crippen LogP contribution in [0.25, 0.3) is 0 Å². The van der Waals surface area contributed by atoms with Gasteiger partial charge in [0.05, 0.1) is 11.6 Å². The molecule has 0 amide bonds. The van der Waals surface area contributed by atoms with Crippen LogP contribution in [0.5, 0.6) is 0 Å². The van der Waals surface area contributed by atoms with E-state index in [0.717, 1.165) is 55.8 Å². The lowest BCUT2D eigenvalue weighted by Crippen LogP contribution is -2.41. The summed E-state index contributed by atoms with van der Waals surface area (Å²) in [7, 11) is 5.87. The Morgan fingerprint density at radius 3 is 2.81 bits per heavy atom. The second-order valence-corrected chi connectivity index (χ2v) is 6.04. The first-order chi connectivity index (χ1) is 10.1. The minimum Gasteiger partial charge on any atom is -0.381 e. The summed E-state index contributed by atoms with van der Waals surface area (Å²) in [6.07, 6.45) is 4.17. The Kier molecular flexibility index (Phi) is 5.94. The van der Waals surface area contributed by atoms with Gasteiger partial charge >= 0.3 is 0 Å². The summed E-state index contributed by atoms with van der Waals surface area (Å²) in [6.45, 7) is 3.48. The number of guanidine groups is 1. The normalized spacial score (nSPS) is 17.0. The van der Waals surface area contributed by atoms with Crippen LogP contribution in [0.2, 0.25) is 5.02 Å². The van der Waals surface area contributed by atoms with Gasteiger partial charge in [-0.05, 0) is 24.8 Å². The van der Waals surface area contributed by atoms with Crippen molar-refractivity contribution >= 4 is 17.6 Å². The summed E-state index contributed by atoms with van der Waals surface area (Å²) in [5.41, 5.74) is 1.16. The lowest BCUT2D eigenvalue weighted by Gasteiger charge is -2.26. The Labute approximate surface area is 131 Å². The lowest BCUT2D eigenvalue weighted by molar-refractivity contribution is 0.0674. The number of ether oxygens (including phenoxy) is 1. The molecule has 1 fully saturated rings. The number of aliphatic imine (C=N–C) groups is 1. The average Bonchev–Trinajstić information content (AvgIpc) is 2.78. The Morgan fingerprint density at radius 1 is 1.52 bits per heavy atom. The highest BCUT2D eigenvalue weighted by Crippen LogP contribution is 2.15. The number of rotatable bonds is 4. The van der Waals surface area contributed by atoms with Gasteiger partial charge in [-0.2, -0.15) is 0 Å². The van der Waals surface area contributed by atoms with Crippen LogP contribution in [-0.4, -0.2) is 49.3 Å². The van der Waals surface area contributed by atoms with E-state index in [0.29, 0.717) is 5.92 Å². The second-order valence-electron chi connectivity index (χ2n) is 5.60.